The summed E-state index contributed by atoms with van der Waals surface area (Å²) >= 11 is 6.28. The second-order valence-electron chi connectivity index (χ2n) is 8.53. The van der Waals surface area contributed by atoms with Crippen LogP contribution in [0.2, 0.25) is 5.02 Å². The lowest BCUT2D eigenvalue weighted by Gasteiger charge is -2.38. The normalized spacial score (nSPS) is 15.9. The molecule has 11 heteroatoms. The second-order valence-corrected chi connectivity index (χ2v) is 8.94. The third-order valence-electron chi connectivity index (χ3n) is 6.30. The van der Waals surface area contributed by atoms with Gasteiger partial charge < -0.3 is 24.6 Å². The molecule has 194 valence electrons. The van der Waals surface area contributed by atoms with E-state index in [0.29, 0.717) is 0 Å². The molecule has 4 rings (SSSR count). The topological polar surface area (TPSA) is 96.3 Å². The highest BCUT2D eigenvalue weighted by Crippen LogP contribution is 2.51. The van der Waals surface area contributed by atoms with E-state index < -0.39 is 35.1 Å². The molecule has 0 aliphatic carbocycles. The van der Waals surface area contributed by atoms with Gasteiger partial charge in [-0.25, -0.2) is 4.79 Å². The fraction of sp³-hybridized carbons (Fsp3) is 0.231. The summed E-state index contributed by atoms with van der Waals surface area (Å²) < 4.78 is 54.6. The second kappa shape index (κ2) is 9.60. The van der Waals surface area contributed by atoms with Crippen molar-refractivity contribution in [3.8, 4) is 17.2 Å². The molecule has 37 heavy (non-hydrogen) atoms. The lowest BCUT2D eigenvalue weighted by Crippen LogP contribution is -2.47. The van der Waals surface area contributed by atoms with Gasteiger partial charge in [-0.15, -0.1) is 0 Å². The van der Waals surface area contributed by atoms with E-state index >= 15 is 0 Å². The highest BCUT2D eigenvalue weighted by Gasteiger charge is 2.59. The Morgan fingerprint density at radius 3 is 2.49 bits per heavy atom. The number of fused-ring (bicyclic) bond motifs is 1. The first kappa shape index (κ1) is 26.3. The monoisotopic (exact) mass is 535 g/mol. The predicted molar refractivity (Wildman–Crippen MR) is 129 cm³/mol. The molecule has 2 N–H and O–H groups in total. The maximum Gasteiger partial charge on any atom is 0.422 e. The standard InChI is InChI=1S/C26H21ClF3NO6/c1-14(19-12-18(7-8-20(19)27)37-17-5-3-4-15(10-17)24(33)34)25(35,26(28,29)30)16-6-9-22-21(11-16)31(2)23(32)13-36-22/h3-12,14,35H,13H2,1-2H3,(H,33,34)/t14-,25-/m0/s1. The van der Waals surface area contributed by atoms with Crippen molar-refractivity contribution in [2.45, 2.75) is 24.6 Å². The number of aromatic carboxylic acids is 1. The van der Waals surface area contributed by atoms with Crippen LogP contribution in [0.5, 0.6) is 17.2 Å². The number of alkyl halides is 3. The van der Waals surface area contributed by atoms with E-state index in [4.69, 9.17) is 21.1 Å². The largest absolute Gasteiger partial charge is 0.482 e. The number of hydrogen-bond donors (Lipinski definition) is 2. The molecular weight excluding hydrogens is 515 g/mol. The van der Waals surface area contributed by atoms with Crippen molar-refractivity contribution < 1.29 is 42.4 Å². The van der Waals surface area contributed by atoms with Crippen LogP contribution in [0.3, 0.4) is 0 Å². The Hall–Kier alpha value is -3.76. The van der Waals surface area contributed by atoms with Gasteiger partial charge in [-0.05, 0) is 59.7 Å². The SMILES string of the molecule is C[C@@H](c1cc(Oc2cccc(C(=O)O)c2)ccc1Cl)[C@](O)(c1ccc2c(c1)N(C)C(=O)CO2)C(F)(F)F. The maximum atomic E-state index is 14.5. The summed E-state index contributed by atoms with van der Waals surface area (Å²) in [6.45, 7) is 0.926. The van der Waals surface area contributed by atoms with Crippen LogP contribution < -0.4 is 14.4 Å². The molecule has 3 aromatic carbocycles. The van der Waals surface area contributed by atoms with E-state index in [1.807, 2.05) is 0 Å². The first-order valence-electron chi connectivity index (χ1n) is 11.0. The minimum atomic E-state index is -5.14. The zero-order chi connectivity index (χ0) is 27.1. The van der Waals surface area contributed by atoms with Gasteiger partial charge in [0.1, 0.15) is 17.2 Å². The van der Waals surface area contributed by atoms with Crippen molar-refractivity contribution in [1.29, 1.82) is 0 Å². The number of carboxylic acids is 1. The van der Waals surface area contributed by atoms with Gasteiger partial charge in [0.15, 0.2) is 12.2 Å². The number of halogens is 4. The Morgan fingerprint density at radius 1 is 1.11 bits per heavy atom. The van der Waals surface area contributed by atoms with Crippen LogP contribution in [0.25, 0.3) is 0 Å². The number of carboxylic acid groups (broad SMARTS) is 1. The van der Waals surface area contributed by atoms with Crippen LogP contribution in [0.1, 0.15) is 34.3 Å². The molecule has 0 unspecified atom stereocenters. The van der Waals surface area contributed by atoms with Crippen molar-refractivity contribution in [3.05, 3.63) is 82.4 Å². The summed E-state index contributed by atoms with van der Waals surface area (Å²) in [7, 11) is 1.40. The quantitative estimate of drug-likeness (QED) is 0.418. The van der Waals surface area contributed by atoms with Crippen LogP contribution in [0.4, 0.5) is 18.9 Å². The van der Waals surface area contributed by atoms with Crippen LogP contribution in [-0.4, -0.2) is 41.9 Å². The van der Waals surface area contributed by atoms with Crippen molar-refractivity contribution in [2.75, 3.05) is 18.6 Å². The van der Waals surface area contributed by atoms with Gasteiger partial charge in [0.25, 0.3) is 5.91 Å². The average Bonchev–Trinajstić information content (AvgIpc) is 2.86. The highest BCUT2D eigenvalue weighted by atomic mass is 35.5. The van der Waals surface area contributed by atoms with E-state index in [-0.39, 0.29) is 45.7 Å². The van der Waals surface area contributed by atoms with Gasteiger partial charge in [0.05, 0.1) is 11.3 Å². The molecule has 1 heterocycles. The number of ether oxygens (including phenoxy) is 2. The summed E-state index contributed by atoms with van der Waals surface area (Å²) in [5.41, 5.74) is -3.93. The molecule has 2 atom stereocenters. The first-order chi connectivity index (χ1) is 17.3. The van der Waals surface area contributed by atoms with Gasteiger partial charge in [0.2, 0.25) is 0 Å². The number of aliphatic hydroxyl groups is 1. The average molecular weight is 536 g/mol. The van der Waals surface area contributed by atoms with Gasteiger partial charge in [-0.2, -0.15) is 13.2 Å². The zero-order valence-electron chi connectivity index (χ0n) is 19.5. The Balaban J connectivity index is 1.76. The molecule has 1 aliphatic heterocycles. The van der Waals surface area contributed by atoms with Crippen LogP contribution in [0, 0.1) is 0 Å². The number of hydrogen-bond acceptors (Lipinski definition) is 5. The molecule has 1 aliphatic rings. The summed E-state index contributed by atoms with van der Waals surface area (Å²) in [6, 6.07) is 13.0. The molecule has 7 nitrogen and oxygen atoms in total. The molecule has 0 bridgehead atoms. The summed E-state index contributed by atoms with van der Waals surface area (Å²) in [4.78, 5) is 24.4. The Morgan fingerprint density at radius 2 is 1.81 bits per heavy atom. The number of likely N-dealkylation sites (N-methyl/N-ethyl adjacent to an activating group) is 1. The molecule has 0 saturated carbocycles. The number of carbonyl (C=O) groups is 2. The Bertz CT molecular complexity index is 1380. The fourth-order valence-corrected chi connectivity index (χ4v) is 4.42. The van der Waals surface area contributed by atoms with Crippen molar-refractivity contribution in [3.63, 3.8) is 0 Å². The number of benzene rings is 3. The molecule has 0 aromatic heterocycles. The Kier molecular flexibility index (Phi) is 6.83. The molecular formula is C26H21ClF3NO6. The zero-order valence-corrected chi connectivity index (χ0v) is 20.3. The van der Waals surface area contributed by atoms with Gasteiger partial charge in [0, 0.05) is 18.0 Å². The Labute approximate surface area is 214 Å². The third-order valence-corrected chi connectivity index (χ3v) is 6.64. The van der Waals surface area contributed by atoms with Crippen LogP contribution in [-0.2, 0) is 10.4 Å². The summed E-state index contributed by atoms with van der Waals surface area (Å²) in [6.07, 6.45) is -5.14. The summed E-state index contributed by atoms with van der Waals surface area (Å²) in [5.74, 6) is -2.81. The molecule has 0 spiro atoms. The number of amides is 1. The minimum Gasteiger partial charge on any atom is -0.482 e. The van der Waals surface area contributed by atoms with E-state index in [9.17, 15) is 33.0 Å². The highest BCUT2D eigenvalue weighted by molar-refractivity contribution is 6.31. The van der Waals surface area contributed by atoms with Crippen LogP contribution >= 0.6 is 11.6 Å². The van der Waals surface area contributed by atoms with E-state index in [2.05, 4.69) is 0 Å². The number of rotatable bonds is 6. The van der Waals surface area contributed by atoms with E-state index in [1.54, 1.807) is 0 Å². The maximum absolute atomic E-state index is 14.5. The summed E-state index contributed by atoms with van der Waals surface area (Å²) in [5, 5.41) is 20.4. The number of anilines is 1. The van der Waals surface area contributed by atoms with E-state index in [1.165, 1.54) is 62.5 Å². The van der Waals surface area contributed by atoms with Crippen molar-refractivity contribution in [1.82, 2.24) is 0 Å². The van der Waals surface area contributed by atoms with Gasteiger partial charge >= 0.3 is 12.1 Å². The molecule has 0 radical (unpaired) electrons. The predicted octanol–water partition coefficient (Wildman–Crippen LogP) is 5.74. The molecule has 1 amide bonds. The molecule has 0 fully saturated rings. The number of nitrogens with zero attached hydrogens (tertiary/aromatic N) is 1. The first-order valence-corrected chi connectivity index (χ1v) is 11.3. The fourth-order valence-electron chi connectivity index (χ4n) is 4.14. The van der Waals surface area contributed by atoms with Crippen molar-refractivity contribution >= 4 is 29.2 Å². The van der Waals surface area contributed by atoms with Crippen molar-refractivity contribution in [2.24, 2.45) is 0 Å². The van der Waals surface area contributed by atoms with Gasteiger partial charge in [-0.1, -0.05) is 30.7 Å². The lowest BCUT2D eigenvalue weighted by molar-refractivity contribution is -0.274. The lowest BCUT2D eigenvalue weighted by atomic mass is 9.77. The molecule has 0 saturated heterocycles. The third kappa shape index (κ3) is 4.82. The smallest absolute Gasteiger partial charge is 0.422 e. The van der Waals surface area contributed by atoms with E-state index in [0.717, 1.165) is 17.0 Å². The number of carbonyl (C=O) groups excluding carboxylic acids is 1. The van der Waals surface area contributed by atoms with Crippen LogP contribution in [0.15, 0.2) is 60.7 Å². The minimum absolute atomic E-state index is 0.0358. The van der Waals surface area contributed by atoms with Gasteiger partial charge in [-0.3, -0.25) is 4.79 Å². The molecule has 3 aromatic rings.